The predicted octanol–water partition coefficient (Wildman–Crippen LogP) is 5.50. The van der Waals surface area contributed by atoms with Crippen molar-refractivity contribution in [2.45, 2.75) is 45.1 Å². The Balaban J connectivity index is 1.73. The van der Waals surface area contributed by atoms with Gasteiger partial charge >= 0.3 is 0 Å². The maximum Gasteiger partial charge on any atom is 0.287 e. The molecule has 0 aliphatic heterocycles. The Morgan fingerprint density at radius 2 is 1.94 bits per heavy atom. The first-order valence-corrected chi connectivity index (χ1v) is 11.2. The van der Waals surface area contributed by atoms with Crippen LogP contribution in [0.5, 0.6) is 0 Å². The lowest BCUT2D eigenvalue weighted by Gasteiger charge is -2.16. The third-order valence-electron chi connectivity index (χ3n) is 5.30. The lowest BCUT2D eigenvalue weighted by molar-refractivity contribution is 0.452. The van der Waals surface area contributed by atoms with Crippen LogP contribution in [0.15, 0.2) is 64.7 Å². The SMILES string of the molecule is Cc1cc(-n2ccnc(SCCc3ccccc3F)c2=O)ccc1CCC(C)(C)C#N. The Kier molecular flexibility index (Phi) is 7.29. The Labute approximate surface area is 186 Å². The summed E-state index contributed by atoms with van der Waals surface area (Å²) < 4.78 is 15.4. The van der Waals surface area contributed by atoms with Crippen LogP contribution in [0.2, 0.25) is 0 Å². The van der Waals surface area contributed by atoms with Crippen molar-refractivity contribution in [2.24, 2.45) is 5.41 Å². The van der Waals surface area contributed by atoms with Gasteiger partial charge in [-0.2, -0.15) is 5.26 Å². The van der Waals surface area contributed by atoms with Gasteiger partial charge in [0.1, 0.15) is 5.82 Å². The largest absolute Gasteiger partial charge is 0.287 e. The average Bonchev–Trinajstić information content (AvgIpc) is 2.75. The number of halogens is 1. The molecule has 1 aromatic heterocycles. The topological polar surface area (TPSA) is 58.7 Å². The number of aromatic nitrogens is 2. The number of rotatable bonds is 8. The van der Waals surface area contributed by atoms with Crippen molar-refractivity contribution in [3.8, 4) is 11.8 Å². The number of benzene rings is 2. The fourth-order valence-electron chi connectivity index (χ4n) is 3.27. The number of hydrogen-bond acceptors (Lipinski definition) is 4. The van der Waals surface area contributed by atoms with Crippen LogP contribution < -0.4 is 5.56 Å². The zero-order chi connectivity index (χ0) is 22.4. The van der Waals surface area contributed by atoms with Gasteiger partial charge in [0.15, 0.2) is 5.03 Å². The van der Waals surface area contributed by atoms with Crippen molar-refractivity contribution in [1.29, 1.82) is 5.26 Å². The molecule has 2 aromatic carbocycles. The van der Waals surface area contributed by atoms with Crippen molar-refractivity contribution in [3.63, 3.8) is 0 Å². The fraction of sp³-hybridized carbons (Fsp3) is 0.320. The van der Waals surface area contributed by atoms with Gasteiger partial charge in [-0.05, 0) is 74.9 Å². The molecule has 6 heteroatoms. The minimum Gasteiger partial charge on any atom is -0.280 e. The van der Waals surface area contributed by atoms with Crippen LogP contribution in [0.25, 0.3) is 5.69 Å². The molecule has 0 N–H and O–H groups in total. The highest BCUT2D eigenvalue weighted by molar-refractivity contribution is 7.99. The van der Waals surface area contributed by atoms with Gasteiger partial charge < -0.3 is 0 Å². The zero-order valence-electron chi connectivity index (χ0n) is 18.1. The monoisotopic (exact) mass is 435 g/mol. The van der Waals surface area contributed by atoms with Crippen molar-refractivity contribution in [3.05, 3.63) is 87.7 Å². The van der Waals surface area contributed by atoms with E-state index in [1.807, 2.05) is 45.0 Å². The first-order chi connectivity index (χ1) is 14.8. The highest BCUT2D eigenvalue weighted by Gasteiger charge is 2.17. The van der Waals surface area contributed by atoms with E-state index in [0.717, 1.165) is 24.1 Å². The molecule has 0 fully saturated rings. The van der Waals surface area contributed by atoms with Gasteiger partial charge in [0, 0.05) is 23.8 Å². The van der Waals surface area contributed by atoms with Crippen LogP contribution in [0.1, 0.15) is 37.0 Å². The summed E-state index contributed by atoms with van der Waals surface area (Å²) in [6, 6.07) is 15.0. The summed E-state index contributed by atoms with van der Waals surface area (Å²) in [6.07, 6.45) is 5.40. The van der Waals surface area contributed by atoms with Gasteiger partial charge in [0.2, 0.25) is 0 Å². The highest BCUT2D eigenvalue weighted by atomic mass is 32.2. The quantitative estimate of drug-likeness (QED) is 0.439. The summed E-state index contributed by atoms with van der Waals surface area (Å²) in [6.45, 7) is 5.91. The molecule has 0 unspecified atom stereocenters. The lowest BCUT2D eigenvalue weighted by Crippen LogP contribution is -2.21. The maximum absolute atomic E-state index is 13.8. The lowest BCUT2D eigenvalue weighted by atomic mass is 9.87. The summed E-state index contributed by atoms with van der Waals surface area (Å²) in [5, 5.41) is 9.62. The second-order valence-electron chi connectivity index (χ2n) is 8.20. The molecule has 0 aliphatic rings. The molecular weight excluding hydrogens is 409 g/mol. The summed E-state index contributed by atoms with van der Waals surface area (Å²) in [5.41, 5.74) is 3.14. The van der Waals surface area contributed by atoms with Crippen molar-refractivity contribution < 1.29 is 4.39 Å². The normalized spacial score (nSPS) is 11.3. The second-order valence-corrected chi connectivity index (χ2v) is 9.29. The molecule has 0 spiro atoms. The van der Waals surface area contributed by atoms with Crippen LogP contribution in [0.4, 0.5) is 4.39 Å². The van der Waals surface area contributed by atoms with Gasteiger partial charge in [-0.3, -0.25) is 9.36 Å². The van der Waals surface area contributed by atoms with Crippen molar-refractivity contribution in [2.75, 3.05) is 5.75 Å². The molecule has 0 aliphatic carbocycles. The Hall–Kier alpha value is -2.91. The van der Waals surface area contributed by atoms with Gasteiger partial charge in [0.25, 0.3) is 5.56 Å². The van der Waals surface area contributed by atoms with Crippen LogP contribution in [-0.4, -0.2) is 15.3 Å². The van der Waals surface area contributed by atoms with E-state index in [9.17, 15) is 14.4 Å². The molecule has 4 nitrogen and oxygen atoms in total. The smallest absolute Gasteiger partial charge is 0.280 e. The average molecular weight is 436 g/mol. The molecule has 3 rings (SSSR count). The van der Waals surface area contributed by atoms with Crippen LogP contribution in [-0.2, 0) is 12.8 Å². The summed E-state index contributed by atoms with van der Waals surface area (Å²) in [5.74, 6) is 0.343. The van der Waals surface area contributed by atoms with E-state index in [0.29, 0.717) is 22.8 Å². The first kappa shape index (κ1) is 22.8. The molecular formula is C25H26FN3OS. The van der Waals surface area contributed by atoms with Crippen LogP contribution in [0.3, 0.4) is 0 Å². The minimum atomic E-state index is -0.359. The third-order valence-corrected chi connectivity index (χ3v) is 6.27. The standard InChI is InChI=1S/C25H26FN3OS/c1-18-16-21(9-8-19(18)10-12-25(2,3)17-27)29-14-13-28-23(24(29)30)31-15-11-20-6-4-5-7-22(20)26/h4-9,13-14,16H,10-12,15H2,1-3H3. The molecule has 0 saturated carbocycles. The van der Waals surface area contributed by atoms with E-state index in [1.165, 1.54) is 23.4 Å². The van der Waals surface area contributed by atoms with Crippen LogP contribution in [0, 0.1) is 29.5 Å². The summed E-state index contributed by atoms with van der Waals surface area (Å²) in [7, 11) is 0. The van der Waals surface area contributed by atoms with E-state index in [-0.39, 0.29) is 16.8 Å². The number of aryl methyl sites for hydroxylation is 3. The molecule has 31 heavy (non-hydrogen) atoms. The fourth-order valence-corrected chi connectivity index (χ4v) is 4.14. The molecule has 0 radical (unpaired) electrons. The Bertz CT molecular complexity index is 1160. The molecule has 0 atom stereocenters. The van der Waals surface area contributed by atoms with Gasteiger partial charge in [-0.25, -0.2) is 9.37 Å². The summed E-state index contributed by atoms with van der Waals surface area (Å²) in [4.78, 5) is 17.2. The highest BCUT2D eigenvalue weighted by Crippen LogP contribution is 2.24. The third kappa shape index (κ3) is 5.83. The molecule has 0 bridgehead atoms. The van der Waals surface area contributed by atoms with Crippen molar-refractivity contribution >= 4 is 11.8 Å². The summed E-state index contributed by atoms with van der Waals surface area (Å²) >= 11 is 1.34. The predicted molar refractivity (Wildman–Crippen MR) is 123 cm³/mol. The maximum atomic E-state index is 13.8. The van der Waals surface area contributed by atoms with Gasteiger partial charge in [-0.1, -0.05) is 24.3 Å². The number of hydrogen-bond donors (Lipinski definition) is 0. The van der Waals surface area contributed by atoms with Crippen LogP contribution >= 0.6 is 11.8 Å². The number of thioether (sulfide) groups is 1. The van der Waals surface area contributed by atoms with E-state index in [4.69, 9.17) is 0 Å². The van der Waals surface area contributed by atoms with E-state index in [1.54, 1.807) is 29.1 Å². The molecule has 0 saturated heterocycles. The van der Waals surface area contributed by atoms with Gasteiger partial charge in [0.05, 0.1) is 11.5 Å². The molecule has 0 amide bonds. The van der Waals surface area contributed by atoms with Gasteiger partial charge in [-0.15, -0.1) is 11.8 Å². The number of nitriles is 1. The van der Waals surface area contributed by atoms with Crippen molar-refractivity contribution in [1.82, 2.24) is 9.55 Å². The van der Waals surface area contributed by atoms with E-state index in [2.05, 4.69) is 11.1 Å². The van der Waals surface area contributed by atoms with E-state index < -0.39 is 0 Å². The number of nitrogens with zero attached hydrogens (tertiary/aromatic N) is 3. The zero-order valence-corrected chi connectivity index (χ0v) is 18.9. The first-order valence-electron chi connectivity index (χ1n) is 10.3. The molecule has 3 aromatic rings. The Morgan fingerprint density at radius 1 is 1.16 bits per heavy atom. The van der Waals surface area contributed by atoms with E-state index >= 15 is 0 Å². The second kappa shape index (κ2) is 9.93. The molecule has 1 heterocycles. The minimum absolute atomic E-state index is 0.182. The Morgan fingerprint density at radius 3 is 2.65 bits per heavy atom. The molecule has 160 valence electrons.